The molecule has 266 valence electrons. The number of esters is 1. The summed E-state index contributed by atoms with van der Waals surface area (Å²) in [5, 5.41) is 25.2. The van der Waals surface area contributed by atoms with Gasteiger partial charge in [0.1, 0.15) is 24.4 Å². The molecule has 15 nitrogen and oxygen atoms in total. The highest BCUT2D eigenvalue weighted by Gasteiger charge is 2.56. The van der Waals surface area contributed by atoms with Crippen LogP contribution in [0.4, 0.5) is 4.79 Å². The van der Waals surface area contributed by atoms with Crippen molar-refractivity contribution >= 4 is 12.1 Å². The summed E-state index contributed by atoms with van der Waals surface area (Å²) in [4.78, 5) is 28.0. The summed E-state index contributed by atoms with van der Waals surface area (Å²) in [5.41, 5.74) is 2.75. The van der Waals surface area contributed by atoms with Crippen LogP contribution in [0.5, 0.6) is 23.0 Å². The van der Waals surface area contributed by atoms with E-state index in [0.717, 1.165) is 5.56 Å². The average Bonchev–Trinajstić information content (AvgIpc) is 3.72. The minimum Gasteiger partial charge on any atom is -0.493 e. The Labute approximate surface area is 283 Å². The molecule has 7 rings (SSSR count). The second-order valence-corrected chi connectivity index (χ2v) is 13.0. The first kappa shape index (κ1) is 33.8. The van der Waals surface area contributed by atoms with E-state index in [1.54, 1.807) is 27.1 Å². The van der Waals surface area contributed by atoms with E-state index in [4.69, 9.17) is 42.6 Å². The summed E-state index contributed by atoms with van der Waals surface area (Å²) >= 11 is 0. The molecule has 0 radical (unpaired) electrons. The Balaban J connectivity index is 1.26. The van der Waals surface area contributed by atoms with Gasteiger partial charge in [-0.2, -0.15) is 0 Å². The van der Waals surface area contributed by atoms with Crippen LogP contribution in [0.1, 0.15) is 41.2 Å². The number of fused-ring (bicyclic) bond motifs is 4. The topological polar surface area (TPSA) is 173 Å². The van der Waals surface area contributed by atoms with Crippen LogP contribution in [-0.4, -0.2) is 118 Å². The molecule has 4 heterocycles. The van der Waals surface area contributed by atoms with Gasteiger partial charge >= 0.3 is 12.1 Å². The van der Waals surface area contributed by atoms with Crippen molar-refractivity contribution in [3.05, 3.63) is 46.5 Å². The maximum absolute atomic E-state index is 13.6. The molecule has 0 bridgehead atoms. The van der Waals surface area contributed by atoms with Crippen LogP contribution in [0.2, 0.25) is 0 Å². The van der Waals surface area contributed by atoms with Crippen LogP contribution < -0.4 is 24.3 Å². The molecule has 2 aromatic carbocycles. The number of aliphatic hydroxyl groups excluding tert-OH is 2. The molecule has 49 heavy (non-hydrogen) atoms. The Hall–Kier alpha value is -3.70. The number of ether oxygens (including phenoxy) is 9. The van der Waals surface area contributed by atoms with E-state index in [1.807, 2.05) is 25.1 Å². The van der Waals surface area contributed by atoms with Crippen LogP contribution in [0.25, 0.3) is 0 Å². The molecule has 3 N–H and O–H groups in total. The molecule has 0 saturated carbocycles. The van der Waals surface area contributed by atoms with Gasteiger partial charge in [0.15, 0.2) is 35.6 Å². The SMILES string of the molecule is CNCCN(C)C(=O)Oc1c(C)cc([C@@H]2c3cc4c(cc3[C@@H](OC3OC5COC(C)O[C@@H]5C(O)C3O)[C@H]3COC(=O)[C@H]23)OCO4)cc1OC. The monoisotopic (exact) mass is 686 g/mol. The molecule has 15 heteroatoms. The predicted octanol–water partition coefficient (Wildman–Crippen LogP) is 1.58. The van der Waals surface area contributed by atoms with Crippen molar-refractivity contribution in [3.8, 4) is 23.0 Å². The van der Waals surface area contributed by atoms with Crippen molar-refractivity contribution in [3.63, 3.8) is 0 Å². The van der Waals surface area contributed by atoms with E-state index in [-0.39, 0.29) is 25.8 Å². The third-order valence-electron chi connectivity index (χ3n) is 9.92. The minimum absolute atomic E-state index is 0.0250. The van der Waals surface area contributed by atoms with Crippen molar-refractivity contribution in [2.24, 2.45) is 11.8 Å². The van der Waals surface area contributed by atoms with Gasteiger partial charge in [-0.15, -0.1) is 0 Å². The molecule has 10 atom stereocenters. The zero-order valence-corrected chi connectivity index (χ0v) is 28.0. The summed E-state index contributed by atoms with van der Waals surface area (Å²) in [5.74, 6) is -0.602. The fourth-order valence-corrected chi connectivity index (χ4v) is 7.41. The number of benzene rings is 2. The Morgan fingerprint density at radius 3 is 2.53 bits per heavy atom. The van der Waals surface area contributed by atoms with Gasteiger partial charge in [-0.1, -0.05) is 6.07 Å². The smallest absolute Gasteiger partial charge is 0.415 e. The molecule has 5 aliphatic rings. The number of amides is 1. The number of nitrogens with zero attached hydrogens (tertiary/aromatic N) is 1. The quantitative estimate of drug-likeness (QED) is 0.342. The molecule has 3 saturated heterocycles. The van der Waals surface area contributed by atoms with Gasteiger partial charge in [0, 0.05) is 32.0 Å². The number of aliphatic hydroxyl groups is 2. The first-order valence-electron chi connectivity index (χ1n) is 16.4. The maximum Gasteiger partial charge on any atom is 0.415 e. The molecular formula is C34H42N2O13. The molecular weight excluding hydrogens is 644 g/mol. The third kappa shape index (κ3) is 6.07. The predicted molar refractivity (Wildman–Crippen MR) is 167 cm³/mol. The number of hydrogen-bond acceptors (Lipinski definition) is 14. The number of hydrogen-bond donors (Lipinski definition) is 3. The molecule has 1 amide bonds. The first-order valence-corrected chi connectivity index (χ1v) is 16.4. The van der Waals surface area contributed by atoms with Crippen molar-refractivity contribution in [1.29, 1.82) is 0 Å². The average molecular weight is 687 g/mol. The Kier molecular flexibility index (Phi) is 9.34. The van der Waals surface area contributed by atoms with E-state index in [0.29, 0.717) is 47.0 Å². The normalized spacial score (nSPS) is 32.8. The number of methoxy groups -OCH3 is 1. The number of cyclic esters (lactones) is 1. The second kappa shape index (κ2) is 13.5. The standard InChI is InChI=1S/C34H42N2O13/c1-15-8-17(9-23(41-5)29(15)49-34(40)36(4)7-6-35-3)25-18-10-21-22(45-14-44-21)11-19(18)30(20-12-43-32(39)26(20)25)48-33-28(38)27(37)31-24(47-33)13-42-16(2)46-31/h8-11,16,20,24-28,30-31,33,35,37-38H,6-7,12-14H2,1-5H3/t16?,20-,24?,25+,26-,27?,28?,30+,31-,33?/m0/s1. The lowest BCUT2D eigenvalue weighted by atomic mass is 9.66. The highest BCUT2D eigenvalue weighted by molar-refractivity contribution is 5.79. The van der Waals surface area contributed by atoms with Crippen molar-refractivity contribution in [2.45, 2.75) is 62.9 Å². The Bertz CT molecular complexity index is 1590. The summed E-state index contributed by atoms with van der Waals surface area (Å²) in [6.07, 6.45) is -7.40. The van der Waals surface area contributed by atoms with Crippen LogP contribution in [0.15, 0.2) is 24.3 Å². The molecule has 4 aliphatic heterocycles. The zero-order valence-electron chi connectivity index (χ0n) is 28.0. The van der Waals surface area contributed by atoms with Gasteiger partial charge in [0.2, 0.25) is 6.79 Å². The van der Waals surface area contributed by atoms with Gasteiger partial charge in [-0.05, 0) is 61.3 Å². The molecule has 3 fully saturated rings. The number of nitrogens with one attached hydrogen (secondary N) is 1. The lowest BCUT2D eigenvalue weighted by Gasteiger charge is -2.47. The van der Waals surface area contributed by atoms with Gasteiger partial charge in [0.05, 0.1) is 32.3 Å². The second-order valence-electron chi connectivity index (χ2n) is 13.0. The van der Waals surface area contributed by atoms with Crippen LogP contribution in [0, 0.1) is 18.8 Å². The first-order chi connectivity index (χ1) is 23.6. The number of aryl methyl sites for hydroxylation is 1. The number of carbonyl (C=O) groups is 2. The van der Waals surface area contributed by atoms with Crippen molar-refractivity contribution < 1.29 is 62.4 Å². The Morgan fingerprint density at radius 2 is 1.80 bits per heavy atom. The number of likely N-dealkylation sites (N-methyl/N-ethyl adjacent to an activating group) is 2. The van der Waals surface area contributed by atoms with E-state index in [1.165, 1.54) is 12.0 Å². The van der Waals surface area contributed by atoms with E-state index in [2.05, 4.69) is 5.32 Å². The minimum atomic E-state index is -1.45. The lowest BCUT2D eigenvalue weighted by molar-refractivity contribution is -0.364. The summed E-state index contributed by atoms with van der Waals surface area (Å²) < 4.78 is 52.6. The van der Waals surface area contributed by atoms with Crippen LogP contribution in [0.3, 0.4) is 0 Å². The Morgan fingerprint density at radius 1 is 1.04 bits per heavy atom. The molecule has 0 aromatic heterocycles. The molecule has 2 aromatic rings. The highest BCUT2D eigenvalue weighted by atomic mass is 16.8. The van der Waals surface area contributed by atoms with Crippen molar-refractivity contribution in [1.82, 2.24) is 10.2 Å². The molecule has 0 spiro atoms. The van der Waals surface area contributed by atoms with E-state index >= 15 is 0 Å². The van der Waals surface area contributed by atoms with E-state index in [9.17, 15) is 19.8 Å². The molecule has 1 aliphatic carbocycles. The van der Waals surface area contributed by atoms with Crippen molar-refractivity contribution in [2.75, 3.05) is 54.3 Å². The number of carbonyl (C=O) groups excluding carboxylic acids is 2. The molecule has 5 unspecified atom stereocenters. The highest BCUT2D eigenvalue weighted by Crippen LogP contribution is 2.56. The van der Waals surface area contributed by atoms with Gasteiger partial charge < -0.3 is 63.1 Å². The van der Waals surface area contributed by atoms with E-state index < -0.39 is 72.9 Å². The number of rotatable bonds is 8. The maximum atomic E-state index is 13.6. The fourth-order valence-electron chi connectivity index (χ4n) is 7.41. The largest absolute Gasteiger partial charge is 0.493 e. The summed E-state index contributed by atoms with van der Waals surface area (Å²) in [7, 11) is 4.94. The summed E-state index contributed by atoms with van der Waals surface area (Å²) in [6, 6.07) is 7.29. The lowest BCUT2D eigenvalue weighted by Crippen LogP contribution is -2.63. The van der Waals surface area contributed by atoms with Crippen LogP contribution in [-0.2, 0) is 28.5 Å². The van der Waals surface area contributed by atoms with Crippen LogP contribution >= 0.6 is 0 Å². The third-order valence-corrected chi connectivity index (χ3v) is 9.92. The zero-order chi connectivity index (χ0) is 34.6. The summed E-state index contributed by atoms with van der Waals surface area (Å²) in [6.45, 7) is 4.77. The van der Waals surface area contributed by atoms with Gasteiger partial charge in [-0.3, -0.25) is 4.79 Å². The van der Waals surface area contributed by atoms with Gasteiger partial charge in [-0.25, -0.2) is 4.79 Å². The fraction of sp³-hybridized carbons (Fsp3) is 0.588. The van der Waals surface area contributed by atoms with Gasteiger partial charge in [0.25, 0.3) is 0 Å².